The second-order valence-electron chi connectivity index (χ2n) is 5.32. The van der Waals surface area contributed by atoms with E-state index < -0.39 is 0 Å². The molecule has 0 aliphatic carbocycles. The maximum absolute atomic E-state index is 3.06. The van der Waals surface area contributed by atoms with Crippen LogP contribution in [0.5, 0.6) is 0 Å². The molecule has 140 valence electrons. The molecule has 26 heavy (non-hydrogen) atoms. The van der Waals surface area contributed by atoms with Crippen molar-refractivity contribution < 1.29 is 23.3 Å². The minimum atomic E-state index is 0. The van der Waals surface area contributed by atoms with Gasteiger partial charge in [-0.05, 0) is 13.8 Å². The van der Waals surface area contributed by atoms with E-state index in [4.69, 9.17) is 0 Å². The van der Waals surface area contributed by atoms with Gasteiger partial charge in [-0.2, -0.15) is 24.3 Å². The van der Waals surface area contributed by atoms with E-state index in [0.717, 1.165) is 0 Å². The minimum absolute atomic E-state index is 0. The van der Waals surface area contributed by atoms with Crippen molar-refractivity contribution in [1.82, 2.24) is 0 Å². The van der Waals surface area contributed by atoms with Gasteiger partial charge in [-0.1, -0.05) is 23.3 Å². The van der Waals surface area contributed by atoms with Gasteiger partial charge in [-0.3, -0.25) is 0 Å². The number of aryl methyl sites for hydroxylation is 2. The average molecular weight is 481 g/mol. The zero-order chi connectivity index (χ0) is 15.9. The SMILES string of the molecule is Cc1ccc2cc[cH-]c2c1.Cc1ccc2cc[cH-]c2c1.Cl.Cl.[CH3-].[CH3-].[Si]=[Zr]. The van der Waals surface area contributed by atoms with E-state index >= 15 is 0 Å². The molecule has 0 atom stereocenters. The van der Waals surface area contributed by atoms with E-state index in [1.54, 1.807) is 0 Å². The first-order valence-corrected chi connectivity index (χ1v) is 11.4. The molecule has 0 amide bonds. The van der Waals surface area contributed by atoms with Crippen LogP contribution in [0.1, 0.15) is 11.1 Å². The third-order valence-corrected chi connectivity index (χ3v) is 3.59. The molecule has 0 fully saturated rings. The monoisotopic (exact) mass is 478 g/mol. The summed E-state index contributed by atoms with van der Waals surface area (Å²) < 4.78 is 0. The fourth-order valence-corrected chi connectivity index (χ4v) is 2.49. The molecular formula is C22H26Cl2SiZr-4. The Morgan fingerprint density at radius 3 is 1.35 bits per heavy atom. The van der Waals surface area contributed by atoms with Crippen molar-refractivity contribution in [2.75, 3.05) is 0 Å². The molecule has 4 aromatic carbocycles. The van der Waals surface area contributed by atoms with Gasteiger partial charge in [-0.15, -0.1) is 82.8 Å². The van der Waals surface area contributed by atoms with Crippen LogP contribution in [0.3, 0.4) is 0 Å². The third-order valence-electron chi connectivity index (χ3n) is 3.59. The van der Waals surface area contributed by atoms with Crippen LogP contribution < -0.4 is 0 Å². The van der Waals surface area contributed by atoms with E-state index in [1.807, 2.05) is 0 Å². The summed E-state index contributed by atoms with van der Waals surface area (Å²) in [5, 5.41) is 5.37. The summed E-state index contributed by atoms with van der Waals surface area (Å²) >= 11 is 1.36. The van der Waals surface area contributed by atoms with Gasteiger partial charge in [0, 0.05) is 0 Å². The van der Waals surface area contributed by atoms with Crippen molar-refractivity contribution in [3.8, 4) is 0 Å². The molecule has 2 radical (unpaired) electrons. The Kier molecular flexibility index (Phi) is 17.8. The van der Waals surface area contributed by atoms with Crippen LogP contribution in [0.2, 0.25) is 0 Å². The van der Waals surface area contributed by atoms with Gasteiger partial charge in [-0.25, -0.2) is 0 Å². The first kappa shape index (κ1) is 30.1. The number of halogens is 2. The van der Waals surface area contributed by atoms with Gasteiger partial charge < -0.3 is 14.9 Å². The van der Waals surface area contributed by atoms with Gasteiger partial charge in [0.25, 0.3) is 0 Å². The maximum atomic E-state index is 3.06. The average Bonchev–Trinajstić information content (AvgIpc) is 3.17. The second kappa shape index (κ2) is 15.4. The summed E-state index contributed by atoms with van der Waals surface area (Å²) in [5.74, 6) is 0. The van der Waals surface area contributed by atoms with Crippen molar-refractivity contribution in [3.63, 3.8) is 0 Å². The topological polar surface area (TPSA) is 0 Å². The predicted molar refractivity (Wildman–Crippen MR) is 122 cm³/mol. The quantitative estimate of drug-likeness (QED) is 0.186. The van der Waals surface area contributed by atoms with Crippen LogP contribution in [0.25, 0.3) is 21.5 Å². The van der Waals surface area contributed by atoms with Crippen LogP contribution in [-0.2, 0) is 23.3 Å². The van der Waals surface area contributed by atoms with Crippen molar-refractivity contribution in [2.24, 2.45) is 0 Å². The van der Waals surface area contributed by atoms with Crippen LogP contribution in [-0.4, -0.2) is 6.88 Å². The number of benzene rings is 2. The molecule has 0 saturated heterocycles. The van der Waals surface area contributed by atoms with E-state index in [1.165, 1.54) is 56.0 Å². The Bertz CT molecular complexity index is 792. The van der Waals surface area contributed by atoms with Gasteiger partial charge in [0.1, 0.15) is 0 Å². The molecule has 0 bridgehead atoms. The first-order valence-electron chi connectivity index (χ1n) is 7.21. The number of rotatable bonds is 0. The third kappa shape index (κ3) is 8.35. The Morgan fingerprint density at radius 1 is 0.654 bits per heavy atom. The van der Waals surface area contributed by atoms with Gasteiger partial charge in [0.15, 0.2) is 0 Å². The Morgan fingerprint density at radius 2 is 1.00 bits per heavy atom. The molecule has 0 unspecified atom stereocenters. The fraction of sp³-hybridized carbons (Fsp3) is 0.0909. The zero-order valence-electron chi connectivity index (χ0n) is 15.7. The van der Waals surface area contributed by atoms with E-state index in [9.17, 15) is 0 Å². The number of hydrogen-bond acceptors (Lipinski definition) is 0. The molecule has 4 aromatic rings. The normalized spacial score (nSPS) is 8.19. The number of fused-ring (bicyclic) bond motifs is 2. The zero-order valence-corrected chi connectivity index (χ0v) is 20.8. The molecule has 4 heteroatoms. The van der Waals surface area contributed by atoms with Crippen LogP contribution in [0.4, 0.5) is 0 Å². The summed E-state index contributed by atoms with van der Waals surface area (Å²) in [6.07, 6.45) is 0. The van der Waals surface area contributed by atoms with Crippen LogP contribution in [0, 0.1) is 28.7 Å². The molecule has 0 nitrogen and oxygen atoms in total. The number of hydrogen-bond donors (Lipinski definition) is 0. The second-order valence-corrected chi connectivity index (χ2v) is 5.32. The Balaban J connectivity index is -0.000000326. The first-order chi connectivity index (χ1) is 10.7. The molecule has 0 N–H and O–H groups in total. The molecule has 0 saturated carbocycles. The van der Waals surface area contributed by atoms with Crippen molar-refractivity contribution in [2.45, 2.75) is 13.8 Å². The standard InChI is InChI=1S/2C10H9.2CH3.2ClH.Si.Zr/c2*1-8-5-6-9-3-2-4-10(9)7-8;;;;;;/h2*2-7H,1H3;2*1H3;2*1H;;/q4*-1;;;;. The van der Waals surface area contributed by atoms with E-state index in [-0.39, 0.29) is 39.7 Å². The summed E-state index contributed by atoms with van der Waals surface area (Å²) in [6.45, 7) is 7.30. The summed E-state index contributed by atoms with van der Waals surface area (Å²) in [4.78, 5) is 0. The fourth-order valence-electron chi connectivity index (χ4n) is 2.49. The summed E-state index contributed by atoms with van der Waals surface area (Å²) in [5.41, 5.74) is 2.66. The van der Waals surface area contributed by atoms with Crippen molar-refractivity contribution >= 4 is 53.2 Å². The van der Waals surface area contributed by atoms with Crippen LogP contribution in [0.15, 0.2) is 72.8 Å². The molecule has 0 spiro atoms. The van der Waals surface area contributed by atoms with E-state index in [0.29, 0.717) is 0 Å². The van der Waals surface area contributed by atoms with Gasteiger partial charge in [0.2, 0.25) is 0 Å². The predicted octanol–water partition coefficient (Wildman–Crippen LogP) is 7.10. The van der Waals surface area contributed by atoms with Gasteiger partial charge in [0.05, 0.1) is 0 Å². The van der Waals surface area contributed by atoms with Crippen molar-refractivity contribution in [1.29, 1.82) is 0 Å². The van der Waals surface area contributed by atoms with Crippen molar-refractivity contribution in [3.05, 3.63) is 98.8 Å². The summed E-state index contributed by atoms with van der Waals surface area (Å²) in [7, 11) is 0. The molecule has 0 aliphatic rings. The molecular weight excluding hydrogens is 454 g/mol. The summed E-state index contributed by atoms with van der Waals surface area (Å²) in [6, 6.07) is 25.7. The molecule has 0 heterocycles. The molecule has 0 aromatic heterocycles. The van der Waals surface area contributed by atoms with Gasteiger partial charge >= 0.3 is 30.2 Å². The molecule has 4 rings (SSSR count). The van der Waals surface area contributed by atoms with Crippen LogP contribution >= 0.6 is 24.8 Å². The Labute approximate surface area is 188 Å². The Hall–Kier alpha value is -0.660. The van der Waals surface area contributed by atoms with E-state index in [2.05, 4.69) is 93.5 Å². The molecule has 0 aliphatic heterocycles.